The molecular weight excluding hydrogens is 272 g/mol. The highest BCUT2D eigenvalue weighted by atomic mass is 16.6. The highest BCUT2D eigenvalue weighted by Crippen LogP contribution is 2.21. The van der Waals surface area contributed by atoms with Crippen LogP contribution < -0.4 is 5.32 Å². The Morgan fingerprint density at radius 1 is 1.33 bits per heavy atom. The Hall–Kier alpha value is -1.73. The number of hydrogen-bond donors (Lipinski definition) is 1. The molecule has 3 heterocycles. The van der Waals surface area contributed by atoms with Crippen molar-refractivity contribution in [1.29, 1.82) is 0 Å². The molecule has 1 N–H and O–H groups in total. The second kappa shape index (κ2) is 6.36. The number of nitrogens with zero attached hydrogens (tertiary/aromatic N) is 3. The molecular formula is C14H20N4O3. The Morgan fingerprint density at radius 2 is 2.14 bits per heavy atom. The molecule has 1 aromatic rings. The first-order valence-corrected chi connectivity index (χ1v) is 7.41. The monoisotopic (exact) mass is 292 g/mol. The number of likely N-dealkylation sites (tertiary alicyclic amines) is 1. The summed E-state index contributed by atoms with van der Waals surface area (Å²) in [6.07, 6.45) is 4.57. The minimum atomic E-state index is -0.432. The fraction of sp³-hybridized carbons (Fsp3) is 0.643. The molecule has 21 heavy (non-hydrogen) atoms. The van der Waals surface area contributed by atoms with Gasteiger partial charge in [0.1, 0.15) is 12.0 Å². The van der Waals surface area contributed by atoms with Crippen LogP contribution in [0.3, 0.4) is 0 Å². The molecule has 0 aliphatic carbocycles. The van der Waals surface area contributed by atoms with Crippen LogP contribution in [0.2, 0.25) is 0 Å². The van der Waals surface area contributed by atoms with E-state index in [1.807, 2.05) is 0 Å². The number of nitrogens with one attached hydrogen (secondary N) is 1. The summed E-state index contributed by atoms with van der Waals surface area (Å²) in [5.41, 5.74) is 0.0246. The zero-order valence-corrected chi connectivity index (χ0v) is 11.9. The Kier molecular flexibility index (Phi) is 4.31. The van der Waals surface area contributed by atoms with E-state index in [0.717, 1.165) is 45.6 Å². The Labute approximate surface area is 123 Å². The number of ether oxygens (including phenoxy) is 1. The van der Waals surface area contributed by atoms with Gasteiger partial charge in [0.25, 0.3) is 5.69 Å². The van der Waals surface area contributed by atoms with Gasteiger partial charge in [-0.05, 0) is 25.3 Å². The van der Waals surface area contributed by atoms with Gasteiger partial charge in [-0.15, -0.1) is 0 Å². The van der Waals surface area contributed by atoms with Crippen LogP contribution in [0, 0.1) is 10.1 Å². The lowest BCUT2D eigenvalue weighted by Gasteiger charge is -2.35. The maximum Gasteiger partial charge on any atom is 0.287 e. The molecule has 3 rings (SSSR count). The summed E-state index contributed by atoms with van der Waals surface area (Å²) in [7, 11) is 0. The van der Waals surface area contributed by atoms with Gasteiger partial charge in [-0.1, -0.05) is 0 Å². The largest absolute Gasteiger partial charge is 0.380 e. The second-order valence-electron chi connectivity index (χ2n) is 5.63. The third-order valence-corrected chi connectivity index (χ3v) is 4.26. The lowest BCUT2D eigenvalue weighted by atomic mass is 10.0. The van der Waals surface area contributed by atoms with Gasteiger partial charge in [0.05, 0.1) is 11.5 Å². The number of nitro groups is 1. The first kappa shape index (κ1) is 14.2. The quantitative estimate of drug-likeness (QED) is 0.671. The highest BCUT2D eigenvalue weighted by molar-refractivity contribution is 5.40. The fourth-order valence-electron chi connectivity index (χ4n) is 3.01. The van der Waals surface area contributed by atoms with Crippen molar-refractivity contribution in [3.63, 3.8) is 0 Å². The van der Waals surface area contributed by atoms with Gasteiger partial charge < -0.3 is 10.1 Å². The molecule has 0 saturated carbocycles. The predicted octanol–water partition coefficient (Wildman–Crippen LogP) is 1.65. The number of anilines is 1. The lowest BCUT2D eigenvalue weighted by Crippen LogP contribution is -2.44. The van der Waals surface area contributed by atoms with Gasteiger partial charge >= 0.3 is 0 Å². The molecule has 0 amide bonds. The fourth-order valence-corrected chi connectivity index (χ4v) is 3.01. The van der Waals surface area contributed by atoms with Crippen LogP contribution in [0.4, 0.5) is 11.5 Å². The smallest absolute Gasteiger partial charge is 0.287 e. The van der Waals surface area contributed by atoms with Crippen LogP contribution in [0.5, 0.6) is 0 Å². The number of pyridine rings is 1. The Morgan fingerprint density at radius 3 is 2.71 bits per heavy atom. The van der Waals surface area contributed by atoms with Crippen LogP contribution in [0.25, 0.3) is 0 Å². The second-order valence-corrected chi connectivity index (χ2v) is 5.63. The maximum absolute atomic E-state index is 10.6. The SMILES string of the molecule is O=[N+]([O-])c1ccc(NC2CCN(C3CCOC3)CC2)nc1. The van der Waals surface area contributed by atoms with E-state index < -0.39 is 4.92 Å². The molecule has 2 aliphatic heterocycles. The molecule has 2 aliphatic rings. The predicted molar refractivity (Wildman–Crippen MR) is 78.3 cm³/mol. The van der Waals surface area contributed by atoms with Crippen molar-refractivity contribution in [2.24, 2.45) is 0 Å². The van der Waals surface area contributed by atoms with E-state index in [0.29, 0.717) is 17.9 Å². The van der Waals surface area contributed by atoms with Crippen molar-refractivity contribution < 1.29 is 9.66 Å². The molecule has 1 aromatic heterocycles. The first-order valence-electron chi connectivity index (χ1n) is 7.41. The average Bonchev–Trinajstić information content (AvgIpc) is 3.03. The van der Waals surface area contributed by atoms with Crippen molar-refractivity contribution in [3.8, 4) is 0 Å². The maximum atomic E-state index is 10.6. The van der Waals surface area contributed by atoms with Crippen LogP contribution in [0.15, 0.2) is 18.3 Å². The zero-order valence-electron chi connectivity index (χ0n) is 11.9. The minimum Gasteiger partial charge on any atom is -0.380 e. The average molecular weight is 292 g/mol. The van der Waals surface area contributed by atoms with E-state index in [2.05, 4.69) is 15.2 Å². The van der Waals surface area contributed by atoms with Crippen LogP contribution >= 0.6 is 0 Å². The van der Waals surface area contributed by atoms with Crippen LogP contribution in [0.1, 0.15) is 19.3 Å². The third-order valence-electron chi connectivity index (χ3n) is 4.26. The summed E-state index contributed by atoms with van der Waals surface area (Å²) in [5.74, 6) is 0.711. The van der Waals surface area contributed by atoms with Gasteiger partial charge in [0, 0.05) is 37.8 Å². The standard InChI is InChI=1S/C14H20N4O3/c19-18(20)12-1-2-14(15-9-12)16-11-3-6-17(7-4-11)13-5-8-21-10-13/h1-2,9,11,13H,3-8,10H2,(H,15,16). The Balaban J connectivity index is 1.49. The molecule has 2 fully saturated rings. The number of rotatable bonds is 4. The zero-order chi connectivity index (χ0) is 14.7. The van der Waals surface area contributed by atoms with E-state index in [1.54, 1.807) is 6.07 Å². The summed E-state index contributed by atoms with van der Waals surface area (Å²) >= 11 is 0. The van der Waals surface area contributed by atoms with Gasteiger partial charge in [0.15, 0.2) is 0 Å². The van der Waals surface area contributed by atoms with E-state index in [9.17, 15) is 10.1 Å². The number of aromatic nitrogens is 1. The minimum absolute atomic E-state index is 0.0246. The number of piperidine rings is 1. The topological polar surface area (TPSA) is 80.5 Å². The van der Waals surface area contributed by atoms with Crippen molar-refractivity contribution in [3.05, 3.63) is 28.4 Å². The van der Waals surface area contributed by atoms with Gasteiger partial charge in [-0.3, -0.25) is 15.0 Å². The molecule has 114 valence electrons. The van der Waals surface area contributed by atoms with E-state index in [1.165, 1.54) is 12.3 Å². The first-order chi connectivity index (χ1) is 10.2. The molecule has 0 aromatic carbocycles. The molecule has 0 spiro atoms. The Bertz CT molecular complexity index is 479. The van der Waals surface area contributed by atoms with E-state index in [4.69, 9.17) is 4.74 Å². The summed E-state index contributed by atoms with van der Waals surface area (Å²) in [6, 6.07) is 4.14. The van der Waals surface area contributed by atoms with Crippen molar-refractivity contribution in [1.82, 2.24) is 9.88 Å². The third kappa shape index (κ3) is 3.48. The van der Waals surface area contributed by atoms with E-state index in [-0.39, 0.29) is 5.69 Å². The summed E-state index contributed by atoms with van der Waals surface area (Å²) in [4.78, 5) is 16.8. The molecule has 2 saturated heterocycles. The molecule has 1 atom stereocenters. The van der Waals surface area contributed by atoms with Gasteiger partial charge in [-0.25, -0.2) is 4.98 Å². The van der Waals surface area contributed by atoms with Crippen molar-refractivity contribution in [2.45, 2.75) is 31.3 Å². The molecule has 0 radical (unpaired) electrons. The molecule has 7 nitrogen and oxygen atoms in total. The normalized spacial score (nSPS) is 24.1. The van der Waals surface area contributed by atoms with Gasteiger partial charge in [-0.2, -0.15) is 0 Å². The molecule has 7 heteroatoms. The summed E-state index contributed by atoms with van der Waals surface area (Å²) in [6.45, 7) is 3.88. The van der Waals surface area contributed by atoms with E-state index >= 15 is 0 Å². The lowest BCUT2D eigenvalue weighted by molar-refractivity contribution is -0.385. The van der Waals surface area contributed by atoms with Gasteiger partial charge in [0.2, 0.25) is 0 Å². The van der Waals surface area contributed by atoms with Crippen LogP contribution in [-0.4, -0.2) is 53.2 Å². The van der Waals surface area contributed by atoms with Crippen LogP contribution in [-0.2, 0) is 4.74 Å². The van der Waals surface area contributed by atoms with Crippen molar-refractivity contribution >= 4 is 11.5 Å². The highest BCUT2D eigenvalue weighted by Gasteiger charge is 2.27. The molecule has 1 unspecified atom stereocenters. The number of hydrogen-bond acceptors (Lipinski definition) is 6. The summed E-state index contributed by atoms with van der Waals surface area (Å²) < 4.78 is 5.44. The van der Waals surface area contributed by atoms with Crippen molar-refractivity contribution in [2.75, 3.05) is 31.6 Å². The molecule has 0 bridgehead atoms. The summed E-state index contributed by atoms with van der Waals surface area (Å²) in [5, 5.41) is 14.0.